The lowest BCUT2D eigenvalue weighted by atomic mass is 10.1. The summed E-state index contributed by atoms with van der Waals surface area (Å²) in [5, 5.41) is 7.27. The second-order valence-corrected chi connectivity index (χ2v) is 7.32. The van der Waals surface area contributed by atoms with Gasteiger partial charge in [-0.1, -0.05) is 29.1 Å². The molecule has 2 aromatic rings. The number of piperazine rings is 1. The molecule has 1 N–H and O–H groups in total. The molecule has 8 nitrogen and oxygen atoms in total. The van der Waals surface area contributed by atoms with Crippen molar-refractivity contribution in [2.45, 2.75) is 12.6 Å². The second kappa shape index (κ2) is 7.18. The molecule has 1 aromatic heterocycles. The summed E-state index contributed by atoms with van der Waals surface area (Å²) in [6.45, 7) is 2.92. The maximum Gasteiger partial charge on any atom is 0.289 e. The predicted octanol–water partition coefficient (Wildman–Crippen LogP) is 1.51. The third kappa shape index (κ3) is 3.37. The Kier molecular flexibility index (Phi) is 4.75. The van der Waals surface area contributed by atoms with E-state index >= 15 is 0 Å². The highest BCUT2D eigenvalue weighted by molar-refractivity contribution is 8.14. The number of hydrogen-bond acceptors (Lipinski definition) is 8. The Bertz CT molecular complexity index is 823. The molecule has 0 spiro atoms. The van der Waals surface area contributed by atoms with Crippen LogP contribution in [0.2, 0.25) is 0 Å². The summed E-state index contributed by atoms with van der Waals surface area (Å²) in [6, 6.07) is 7.58. The zero-order chi connectivity index (χ0) is 18.1. The first-order chi connectivity index (χ1) is 12.6. The minimum atomic E-state index is -0.201. The summed E-state index contributed by atoms with van der Waals surface area (Å²) in [7, 11) is 2.05. The van der Waals surface area contributed by atoms with Gasteiger partial charge >= 0.3 is 0 Å². The van der Waals surface area contributed by atoms with Crippen molar-refractivity contribution in [2.75, 3.05) is 32.4 Å². The van der Waals surface area contributed by atoms with E-state index in [2.05, 4.69) is 20.4 Å². The topological polar surface area (TPSA) is 91.6 Å². The number of nitrogens with zero attached hydrogens (tertiary/aromatic N) is 4. The molecule has 1 aromatic carbocycles. The minimum absolute atomic E-state index is 0.0845. The maximum atomic E-state index is 11.8. The molecule has 2 aliphatic rings. The molecule has 136 valence electrons. The Hall–Kier alpha value is -2.23. The second-order valence-electron chi connectivity index (χ2n) is 6.39. The average Bonchev–Trinajstić information content (AvgIpc) is 3.25. The SMILES string of the molecule is CN1CCNCC1c1noc(-c2cccc(CN3C(=O)CSC3=O)c2)n1. The highest BCUT2D eigenvalue weighted by Gasteiger charge is 2.30. The van der Waals surface area contributed by atoms with Gasteiger partial charge in [0, 0.05) is 25.2 Å². The summed E-state index contributed by atoms with van der Waals surface area (Å²) in [6.07, 6.45) is 0. The molecule has 1 unspecified atom stereocenters. The molecule has 3 heterocycles. The normalized spacial score (nSPS) is 21.6. The molecule has 0 bridgehead atoms. The number of amides is 2. The highest BCUT2D eigenvalue weighted by Crippen LogP contribution is 2.25. The van der Waals surface area contributed by atoms with Crippen molar-refractivity contribution in [3.8, 4) is 11.5 Å². The Balaban J connectivity index is 1.53. The summed E-state index contributed by atoms with van der Waals surface area (Å²) >= 11 is 1.04. The molecule has 26 heavy (non-hydrogen) atoms. The van der Waals surface area contributed by atoms with Crippen molar-refractivity contribution in [3.05, 3.63) is 35.7 Å². The summed E-state index contributed by atoms with van der Waals surface area (Å²) in [5.41, 5.74) is 1.63. The van der Waals surface area contributed by atoms with Gasteiger partial charge < -0.3 is 9.84 Å². The number of aromatic nitrogens is 2. The smallest absolute Gasteiger partial charge is 0.289 e. The predicted molar refractivity (Wildman–Crippen MR) is 96.4 cm³/mol. The van der Waals surface area contributed by atoms with Gasteiger partial charge in [-0.25, -0.2) is 0 Å². The number of likely N-dealkylation sites (N-methyl/N-ethyl adjacent to an activating group) is 1. The van der Waals surface area contributed by atoms with Crippen molar-refractivity contribution in [1.29, 1.82) is 0 Å². The first-order valence-corrected chi connectivity index (χ1v) is 9.41. The van der Waals surface area contributed by atoms with Crippen molar-refractivity contribution >= 4 is 22.9 Å². The minimum Gasteiger partial charge on any atom is -0.334 e. The Morgan fingerprint density at radius 3 is 3.04 bits per heavy atom. The van der Waals surface area contributed by atoms with E-state index in [-0.39, 0.29) is 29.5 Å². The number of carbonyl (C=O) groups excluding carboxylic acids is 2. The standard InChI is InChI=1S/C17H19N5O3S/c1-21-6-5-18-8-13(21)15-19-16(25-20-15)12-4-2-3-11(7-12)9-22-14(23)10-26-17(22)24/h2-4,7,13,18H,5-6,8-10H2,1H3. The van der Waals surface area contributed by atoms with E-state index in [1.807, 2.05) is 31.3 Å². The molecule has 2 amide bonds. The maximum absolute atomic E-state index is 11.8. The largest absolute Gasteiger partial charge is 0.334 e. The number of imide groups is 1. The van der Waals surface area contributed by atoms with Crippen LogP contribution in [0.15, 0.2) is 28.8 Å². The van der Waals surface area contributed by atoms with Crippen LogP contribution in [0.1, 0.15) is 17.4 Å². The van der Waals surface area contributed by atoms with Crippen LogP contribution >= 0.6 is 11.8 Å². The van der Waals surface area contributed by atoms with Gasteiger partial charge in [0.2, 0.25) is 5.91 Å². The summed E-state index contributed by atoms with van der Waals surface area (Å²) in [5.74, 6) is 1.16. The first-order valence-electron chi connectivity index (χ1n) is 8.43. The Morgan fingerprint density at radius 1 is 1.38 bits per heavy atom. The van der Waals surface area contributed by atoms with Crippen LogP contribution in [0.4, 0.5) is 4.79 Å². The van der Waals surface area contributed by atoms with Gasteiger partial charge in [-0.05, 0) is 24.7 Å². The number of thioether (sulfide) groups is 1. The van der Waals surface area contributed by atoms with Gasteiger partial charge in [0.1, 0.15) is 0 Å². The highest BCUT2D eigenvalue weighted by atomic mass is 32.2. The number of rotatable bonds is 4. The molecule has 9 heteroatoms. The van der Waals surface area contributed by atoms with Gasteiger partial charge in [-0.15, -0.1) is 0 Å². The van der Waals surface area contributed by atoms with Crippen LogP contribution in [-0.4, -0.2) is 63.5 Å². The molecular weight excluding hydrogens is 354 g/mol. The van der Waals surface area contributed by atoms with Crippen molar-refractivity contribution in [1.82, 2.24) is 25.3 Å². The number of nitrogens with one attached hydrogen (secondary N) is 1. The molecule has 2 saturated heterocycles. The zero-order valence-corrected chi connectivity index (χ0v) is 15.2. The van der Waals surface area contributed by atoms with Crippen LogP contribution in [0.3, 0.4) is 0 Å². The van der Waals surface area contributed by atoms with E-state index in [0.717, 1.165) is 42.5 Å². The van der Waals surface area contributed by atoms with E-state index in [9.17, 15) is 9.59 Å². The van der Waals surface area contributed by atoms with Crippen LogP contribution in [-0.2, 0) is 11.3 Å². The van der Waals surface area contributed by atoms with Gasteiger partial charge in [-0.3, -0.25) is 19.4 Å². The first kappa shape index (κ1) is 17.2. The molecule has 0 aliphatic carbocycles. The third-order valence-electron chi connectivity index (χ3n) is 4.61. The van der Waals surface area contributed by atoms with Gasteiger partial charge in [0.15, 0.2) is 5.82 Å². The number of benzene rings is 1. The quantitative estimate of drug-likeness (QED) is 0.862. The van der Waals surface area contributed by atoms with E-state index in [1.165, 1.54) is 4.90 Å². The van der Waals surface area contributed by atoms with Gasteiger partial charge in [0.25, 0.3) is 11.1 Å². The molecular formula is C17H19N5O3S. The van der Waals surface area contributed by atoms with E-state index < -0.39 is 0 Å². The van der Waals surface area contributed by atoms with E-state index in [1.54, 1.807) is 0 Å². The van der Waals surface area contributed by atoms with Gasteiger partial charge in [-0.2, -0.15) is 4.98 Å². The zero-order valence-electron chi connectivity index (χ0n) is 14.3. The summed E-state index contributed by atoms with van der Waals surface area (Å²) in [4.78, 5) is 31.6. The molecule has 0 saturated carbocycles. The van der Waals surface area contributed by atoms with Crippen LogP contribution in [0, 0.1) is 0 Å². The van der Waals surface area contributed by atoms with E-state index in [4.69, 9.17) is 4.52 Å². The molecule has 2 aliphatic heterocycles. The molecule has 0 radical (unpaired) electrons. The fourth-order valence-electron chi connectivity index (χ4n) is 3.10. The Labute approximate surface area is 154 Å². The monoisotopic (exact) mass is 373 g/mol. The average molecular weight is 373 g/mol. The lowest BCUT2D eigenvalue weighted by molar-refractivity contribution is -0.125. The summed E-state index contributed by atoms with van der Waals surface area (Å²) < 4.78 is 5.45. The van der Waals surface area contributed by atoms with Crippen LogP contribution in [0.5, 0.6) is 0 Å². The van der Waals surface area contributed by atoms with Gasteiger partial charge in [0.05, 0.1) is 18.3 Å². The fourth-order valence-corrected chi connectivity index (χ4v) is 3.83. The lowest BCUT2D eigenvalue weighted by Gasteiger charge is -2.30. The lowest BCUT2D eigenvalue weighted by Crippen LogP contribution is -2.44. The third-order valence-corrected chi connectivity index (χ3v) is 5.46. The van der Waals surface area contributed by atoms with Crippen molar-refractivity contribution in [2.24, 2.45) is 0 Å². The van der Waals surface area contributed by atoms with Crippen LogP contribution in [0.25, 0.3) is 11.5 Å². The fraction of sp³-hybridized carbons (Fsp3) is 0.412. The molecule has 4 rings (SSSR count). The molecule has 1 atom stereocenters. The Morgan fingerprint density at radius 2 is 2.27 bits per heavy atom. The van der Waals surface area contributed by atoms with Crippen molar-refractivity contribution < 1.29 is 14.1 Å². The van der Waals surface area contributed by atoms with Crippen molar-refractivity contribution in [3.63, 3.8) is 0 Å². The number of carbonyl (C=O) groups is 2. The van der Waals surface area contributed by atoms with E-state index in [0.29, 0.717) is 11.7 Å². The number of hydrogen-bond donors (Lipinski definition) is 1. The molecule has 2 fully saturated rings. The van der Waals surface area contributed by atoms with Crippen LogP contribution < -0.4 is 5.32 Å².